The first-order chi connectivity index (χ1) is 24.0. The Morgan fingerprint density at radius 2 is 1.65 bits per heavy atom. The van der Waals surface area contributed by atoms with E-state index in [1.807, 2.05) is 32.9 Å². The molecule has 0 spiro atoms. The lowest BCUT2D eigenvalue weighted by Gasteiger charge is -2.29. The molecule has 2 aromatic rings. The third-order valence-electron chi connectivity index (χ3n) is 9.64. The minimum atomic E-state index is -0.491. The lowest BCUT2D eigenvalue weighted by Crippen LogP contribution is -2.32. The zero-order valence-corrected chi connectivity index (χ0v) is 35.4. The Kier molecular flexibility index (Phi) is 12.5. The van der Waals surface area contributed by atoms with E-state index in [0.717, 1.165) is 73.2 Å². The lowest BCUT2D eigenvalue weighted by atomic mass is 9.77. The van der Waals surface area contributed by atoms with E-state index in [4.69, 9.17) is 9.99 Å². The molecule has 0 aromatic heterocycles. The van der Waals surface area contributed by atoms with Gasteiger partial charge in [-0.05, 0) is 135 Å². The van der Waals surface area contributed by atoms with Crippen molar-refractivity contribution >= 4 is 86.1 Å². The molecule has 51 heavy (non-hydrogen) atoms. The van der Waals surface area contributed by atoms with Gasteiger partial charge in [-0.1, -0.05) is 25.3 Å². The van der Waals surface area contributed by atoms with Crippen molar-refractivity contribution in [1.82, 2.24) is 0 Å². The fourth-order valence-corrected chi connectivity index (χ4v) is 8.47. The van der Waals surface area contributed by atoms with E-state index in [0.29, 0.717) is 36.4 Å². The van der Waals surface area contributed by atoms with Crippen molar-refractivity contribution in [2.45, 2.75) is 97.0 Å². The highest BCUT2D eigenvalue weighted by Gasteiger charge is 2.47. The molecule has 2 N–H and O–H groups in total. The number of carbonyl (C=O) groups excluding carboxylic acids is 2. The Balaban J connectivity index is 1.43. The number of nitrogens with zero attached hydrogens (tertiary/aromatic N) is 2. The molecule has 2 heterocycles. The van der Waals surface area contributed by atoms with Crippen LogP contribution in [-0.4, -0.2) is 56.8 Å². The SMILES string of the molecule is CC(C)(C)OC(=O)CCCCCN1/C(=C/C2=C(O)C(=C\C3=[N+](CCCSOOO)c4ccc(I)cc4C3(C)C)/C2=O)C(C)(C)c2cc(I)ccc21. The van der Waals surface area contributed by atoms with Gasteiger partial charge in [0, 0.05) is 78.8 Å². The highest BCUT2D eigenvalue weighted by Crippen LogP contribution is 2.50. The summed E-state index contributed by atoms with van der Waals surface area (Å²) in [7, 11) is 0. The van der Waals surface area contributed by atoms with Gasteiger partial charge < -0.3 is 14.7 Å². The van der Waals surface area contributed by atoms with Crippen LogP contribution in [0, 0.1) is 7.14 Å². The summed E-state index contributed by atoms with van der Waals surface area (Å²) in [6.07, 6.45) is 7.29. The molecule has 2 aromatic carbocycles. The van der Waals surface area contributed by atoms with E-state index < -0.39 is 16.4 Å². The van der Waals surface area contributed by atoms with Crippen molar-refractivity contribution in [3.8, 4) is 0 Å². The molecule has 0 saturated carbocycles. The molecule has 0 radical (unpaired) electrons. The zero-order chi connectivity index (χ0) is 37.3. The topological polar surface area (TPSA) is 109 Å². The number of allylic oxidation sites excluding steroid dienone is 5. The van der Waals surface area contributed by atoms with Crippen LogP contribution in [0.3, 0.4) is 0 Å². The number of halogens is 2. The first-order valence-electron chi connectivity index (χ1n) is 17.2. The molecule has 0 amide bonds. The molecule has 0 unspecified atom stereocenters. The van der Waals surface area contributed by atoms with Crippen molar-refractivity contribution in [2.75, 3.05) is 23.7 Å². The first-order valence-corrected chi connectivity index (χ1v) is 20.3. The Morgan fingerprint density at radius 1 is 0.961 bits per heavy atom. The van der Waals surface area contributed by atoms with E-state index in [-0.39, 0.29) is 17.5 Å². The Labute approximate surface area is 332 Å². The second-order valence-corrected chi connectivity index (χ2v) is 18.4. The summed E-state index contributed by atoms with van der Waals surface area (Å²) in [6.45, 7) is 15.6. The third-order valence-corrected chi connectivity index (χ3v) is 11.6. The Bertz CT molecular complexity index is 1840. The summed E-state index contributed by atoms with van der Waals surface area (Å²) in [5.41, 5.74) is 5.71. The first kappa shape index (κ1) is 40.0. The van der Waals surface area contributed by atoms with Gasteiger partial charge in [0.25, 0.3) is 0 Å². The zero-order valence-electron chi connectivity index (χ0n) is 30.3. The van der Waals surface area contributed by atoms with Gasteiger partial charge in [0.1, 0.15) is 17.9 Å². The van der Waals surface area contributed by atoms with Crippen molar-refractivity contribution in [2.24, 2.45) is 0 Å². The number of aliphatic hydroxyl groups is 1. The quantitative estimate of drug-likeness (QED) is 0.0280. The van der Waals surface area contributed by atoms with Crippen LogP contribution in [-0.2, 0) is 34.5 Å². The normalized spacial score (nSPS) is 19.3. The van der Waals surface area contributed by atoms with Gasteiger partial charge in [-0.15, -0.1) is 4.33 Å². The molecule has 0 fully saturated rings. The van der Waals surface area contributed by atoms with Gasteiger partial charge in [-0.2, -0.15) is 4.58 Å². The maximum atomic E-state index is 13.9. The highest BCUT2D eigenvalue weighted by molar-refractivity contribution is 14.1. The largest absolute Gasteiger partial charge is 0.506 e. The predicted molar refractivity (Wildman–Crippen MR) is 219 cm³/mol. The van der Waals surface area contributed by atoms with Crippen LogP contribution in [0.2, 0.25) is 0 Å². The molecule has 0 bridgehead atoms. The van der Waals surface area contributed by atoms with Crippen LogP contribution >= 0.6 is 57.2 Å². The van der Waals surface area contributed by atoms with Crippen molar-refractivity contribution in [3.63, 3.8) is 0 Å². The molecular weight excluding hydrogens is 894 g/mol. The molecular formula is C39H47I2N2O7S+. The van der Waals surface area contributed by atoms with E-state index in [1.165, 1.54) is 5.56 Å². The molecule has 1 aliphatic carbocycles. The van der Waals surface area contributed by atoms with E-state index in [9.17, 15) is 14.7 Å². The molecule has 12 heteroatoms. The predicted octanol–water partition coefficient (Wildman–Crippen LogP) is 9.64. The molecule has 5 rings (SSSR count). The number of anilines is 1. The van der Waals surface area contributed by atoms with Crippen LogP contribution in [0.5, 0.6) is 0 Å². The molecule has 0 atom stereocenters. The molecule has 0 saturated heterocycles. The number of ether oxygens (including phenoxy) is 1. The molecule has 9 nitrogen and oxygen atoms in total. The van der Waals surface area contributed by atoms with Crippen LogP contribution < -0.4 is 4.90 Å². The summed E-state index contributed by atoms with van der Waals surface area (Å²) < 4.78 is 14.5. The van der Waals surface area contributed by atoms with Gasteiger partial charge in [0.05, 0.1) is 16.6 Å². The van der Waals surface area contributed by atoms with Crippen LogP contribution in [0.25, 0.3) is 0 Å². The second-order valence-electron chi connectivity index (χ2n) is 15.2. The minimum Gasteiger partial charge on any atom is -0.506 e. The van der Waals surface area contributed by atoms with Gasteiger partial charge in [0.2, 0.25) is 11.5 Å². The number of unbranched alkanes of at least 4 members (excludes halogenated alkanes) is 2. The summed E-state index contributed by atoms with van der Waals surface area (Å²) in [5.74, 6) is 0.226. The van der Waals surface area contributed by atoms with Gasteiger partial charge >= 0.3 is 5.97 Å². The maximum absolute atomic E-state index is 13.9. The third kappa shape index (κ3) is 8.61. The maximum Gasteiger partial charge on any atom is 0.306 e. The number of Topliss-reactive ketones (excluding diaryl/α,β-unsaturated/α-hetero) is 1. The smallest absolute Gasteiger partial charge is 0.306 e. The number of hydrogen-bond donors (Lipinski definition) is 2. The van der Waals surface area contributed by atoms with Gasteiger partial charge in [-0.3, -0.25) is 9.59 Å². The molecule has 3 aliphatic rings. The Morgan fingerprint density at radius 3 is 2.31 bits per heavy atom. The Hall–Kier alpha value is -2.24. The number of aliphatic hydroxyl groups excluding tert-OH is 1. The molecule has 274 valence electrons. The monoisotopic (exact) mass is 941 g/mol. The number of fused-ring (bicyclic) bond motifs is 2. The fraction of sp³-hybridized carbons (Fsp3) is 0.462. The van der Waals surface area contributed by atoms with Crippen LogP contribution in [0.1, 0.15) is 91.7 Å². The van der Waals surface area contributed by atoms with Gasteiger partial charge in [0.15, 0.2) is 5.71 Å². The van der Waals surface area contributed by atoms with Gasteiger partial charge in [-0.25, -0.2) is 5.26 Å². The number of hydrogen-bond acceptors (Lipinski definition) is 9. The van der Waals surface area contributed by atoms with Crippen LogP contribution in [0.4, 0.5) is 11.4 Å². The summed E-state index contributed by atoms with van der Waals surface area (Å²) in [6, 6.07) is 12.8. The number of carbonyl (C=O) groups is 2. The minimum absolute atomic E-state index is 0.00369. The summed E-state index contributed by atoms with van der Waals surface area (Å²) >= 11 is 5.67. The van der Waals surface area contributed by atoms with Crippen molar-refractivity contribution < 1.29 is 38.6 Å². The standard InChI is InChI=1S/C39H46I2N2O7S/c1-37(2,3)48-34(44)12-9-8-10-17-42-30-15-13-24(40)20-28(30)38(4,5)32(42)22-26-35(45)27(36(26)46)23-33-39(6,7)29-21-25(41)14-16-31(29)43(33)18-11-19-51-50-49-47/h13-16,20-23H,8-12,17-19H2,1-7H3,(H-,45,46,47)/p+1. The van der Waals surface area contributed by atoms with Crippen molar-refractivity contribution in [3.05, 3.63) is 89.4 Å². The number of rotatable bonds is 14. The average molecular weight is 942 g/mol. The highest BCUT2D eigenvalue weighted by atomic mass is 127. The van der Waals surface area contributed by atoms with Crippen molar-refractivity contribution in [1.29, 1.82) is 0 Å². The summed E-state index contributed by atoms with van der Waals surface area (Å²) in [4.78, 5) is 28.5. The second kappa shape index (κ2) is 16.0. The molecule has 2 aliphatic heterocycles. The lowest BCUT2D eigenvalue weighted by molar-refractivity contribution is -0.438. The van der Waals surface area contributed by atoms with E-state index in [1.54, 1.807) is 0 Å². The summed E-state index contributed by atoms with van der Waals surface area (Å²) in [5, 5.41) is 23.8. The van der Waals surface area contributed by atoms with E-state index >= 15 is 0 Å². The number of ketones is 1. The number of benzene rings is 2. The number of esters is 1. The fourth-order valence-electron chi connectivity index (χ4n) is 7.13. The average Bonchev–Trinajstić information content (AvgIpc) is 3.38. The van der Waals surface area contributed by atoms with E-state index in [2.05, 4.69) is 128 Å². The van der Waals surface area contributed by atoms with Crippen LogP contribution in [0.15, 0.2) is 71.2 Å².